The summed E-state index contributed by atoms with van der Waals surface area (Å²) in [5.74, 6) is -2.97. The van der Waals surface area contributed by atoms with Crippen molar-refractivity contribution in [2.45, 2.75) is 26.2 Å². The van der Waals surface area contributed by atoms with Crippen LogP contribution in [0.15, 0.2) is 18.2 Å². The minimum absolute atomic E-state index is 0.116. The summed E-state index contributed by atoms with van der Waals surface area (Å²) in [6.45, 7) is 2.05. The zero-order valence-corrected chi connectivity index (χ0v) is 10.9. The summed E-state index contributed by atoms with van der Waals surface area (Å²) in [6.07, 6.45) is 1.81. The summed E-state index contributed by atoms with van der Waals surface area (Å²) in [4.78, 5) is 10.9. The Morgan fingerprint density at radius 1 is 1.37 bits per heavy atom. The van der Waals surface area contributed by atoms with Gasteiger partial charge < -0.3 is 10.8 Å². The molecule has 2 atom stereocenters. The van der Waals surface area contributed by atoms with Crippen molar-refractivity contribution in [1.82, 2.24) is 0 Å². The number of halogens is 2. The van der Waals surface area contributed by atoms with E-state index in [9.17, 15) is 13.6 Å². The van der Waals surface area contributed by atoms with E-state index in [1.54, 1.807) is 6.07 Å². The van der Waals surface area contributed by atoms with Crippen molar-refractivity contribution in [1.29, 1.82) is 0 Å². The van der Waals surface area contributed by atoms with Crippen molar-refractivity contribution in [3.8, 4) is 0 Å². The van der Waals surface area contributed by atoms with Gasteiger partial charge in [-0.3, -0.25) is 4.79 Å². The van der Waals surface area contributed by atoms with Crippen LogP contribution in [-0.2, 0) is 11.2 Å². The maximum Gasteiger partial charge on any atom is 0.307 e. The van der Waals surface area contributed by atoms with Gasteiger partial charge in [0.15, 0.2) is 11.6 Å². The highest BCUT2D eigenvalue weighted by molar-refractivity contribution is 5.70. The Kier molecular flexibility index (Phi) is 5.89. The van der Waals surface area contributed by atoms with Gasteiger partial charge in [-0.05, 0) is 42.9 Å². The van der Waals surface area contributed by atoms with Crippen molar-refractivity contribution in [2.75, 3.05) is 6.54 Å². The van der Waals surface area contributed by atoms with Crippen LogP contribution in [0.2, 0.25) is 0 Å². The number of carbonyl (C=O) groups is 1. The first-order chi connectivity index (χ1) is 8.93. The highest BCUT2D eigenvalue weighted by Crippen LogP contribution is 2.18. The summed E-state index contributed by atoms with van der Waals surface area (Å²) in [5, 5.41) is 8.90. The topological polar surface area (TPSA) is 63.3 Å². The first-order valence-corrected chi connectivity index (χ1v) is 6.30. The average molecular weight is 271 g/mol. The van der Waals surface area contributed by atoms with Gasteiger partial charge in [-0.15, -0.1) is 0 Å². The number of aryl methyl sites for hydroxylation is 1. The number of benzene rings is 1. The van der Waals surface area contributed by atoms with Crippen molar-refractivity contribution >= 4 is 5.97 Å². The molecule has 3 N–H and O–H groups in total. The van der Waals surface area contributed by atoms with Crippen LogP contribution in [0, 0.1) is 23.5 Å². The van der Waals surface area contributed by atoms with Crippen molar-refractivity contribution in [3.05, 3.63) is 35.4 Å². The lowest BCUT2D eigenvalue weighted by Crippen LogP contribution is -2.25. The molecule has 0 radical (unpaired) electrons. The molecule has 0 saturated carbocycles. The molecule has 19 heavy (non-hydrogen) atoms. The van der Waals surface area contributed by atoms with Gasteiger partial charge in [0.05, 0.1) is 5.92 Å². The van der Waals surface area contributed by atoms with Gasteiger partial charge in [-0.2, -0.15) is 0 Å². The van der Waals surface area contributed by atoms with Crippen LogP contribution < -0.4 is 5.73 Å². The van der Waals surface area contributed by atoms with Gasteiger partial charge in [0.25, 0.3) is 0 Å². The Bertz CT molecular complexity index is 437. The molecule has 0 fully saturated rings. The molecule has 5 heteroatoms. The largest absolute Gasteiger partial charge is 0.481 e. The van der Waals surface area contributed by atoms with Gasteiger partial charge >= 0.3 is 5.97 Å². The zero-order valence-electron chi connectivity index (χ0n) is 10.9. The van der Waals surface area contributed by atoms with E-state index in [2.05, 4.69) is 0 Å². The molecule has 1 aromatic carbocycles. The SMILES string of the molecule is CC(CCc1ccc(F)c(F)c1)CC(CN)C(=O)O. The normalized spacial score (nSPS) is 14.1. The molecular weight excluding hydrogens is 252 g/mol. The molecular formula is C14H19F2NO2. The van der Waals surface area contributed by atoms with Crippen molar-refractivity contribution < 1.29 is 18.7 Å². The Morgan fingerprint density at radius 3 is 2.58 bits per heavy atom. The maximum absolute atomic E-state index is 13.0. The number of hydrogen-bond acceptors (Lipinski definition) is 2. The van der Waals surface area contributed by atoms with E-state index in [0.717, 1.165) is 12.5 Å². The first kappa shape index (κ1) is 15.6. The van der Waals surface area contributed by atoms with Crippen molar-refractivity contribution in [3.63, 3.8) is 0 Å². The third-order valence-corrected chi connectivity index (χ3v) is 3.23. The standard InChI is InChI=1S/C14H19F2NO2/c1-9(6-11(8-17)14(18)19)2-3-10-4-5-12(15)13(16)7-10/h4-5,7,9,11H,2-3,6,8,17H2,1H3,(H,18,19). The maximum atomic E-state index is 13.0. The quantitative estimate of drug-likeness (QED) is 0.801. The Balaban J connectivity index is 2.47. The van der Waals surface area contributed by atoms with Gasteiger partial charge in [-0.1, -0.05) is 13.0 Å². The Morgan fingerprint density at radius 2 is 2.05 bits per heavy atom. The number of rotatable bonds is 7. The molecule has 0 aromatic heterocycles. The van der Waals surface area contributed by atoms with Gasteiger partial charge in [-0.25, -0.2) is 8.78 Å². The number of nitrogens with two attached hydrogens (primary N) is 1. The fraction of sp³-hybridized carbons (Fsp3) is 0.500. The molecule has 106 valence electrons. The van der Waals surface area contributed by atoms with Gasteiger partial charge in [0.2, 0.25) is 0 Å². The molecule has 1 aromatic rings. The lowest BCUT2D eigenvalue weighted by molar-refractivity contribution is -0.141. The van der Waals surface area contributed by atoms with Gasteiger partial charge in [0, 0.05) is 6.54 Å². The number of carboxylic acid groups (broad SMARTS) is 1. The van der Waals surface area contributed by atoms with Crippen LogP contribution >= 0.6 is 0 Å². The predicted molar refractivity (Wildman–Crippen MR) is 68.6 cm³/mol. The minimum Gasteiger partial charge on any atom is -0.481 e. The van der Waals surface area contributed by atoms with Crippen molar-refractivity contribution in [2.24, 2.45) is 17.6 Å². The van der Waals surface area contributed by atoms with Crippen LogP contribution in [0.1, 0.15) is 25.3 Å². The van der Waals surface area contributed by atoms with E-state index >= 15 is 0 Å². The summed E-state index contributed by atoms with van der Waals surface area (Å²) < 4.78 is 25.8. The van der Waals surface area contributed by atoms with E-state index in [4.69, 9.17) is 10.8 Å². The summed E-state index contributed by atoms with van der Waals surface area (Å²) in [5.41, 5.74) is 6.11. The first-order valence-electron chi connectivity index (χ1n) is 6.30. The highest BCUT2D eigenvalue weighted by Gasteiger charge is 2.18. The summed E-state index contributed by atoms with van der Waals surface area (Å²) in [6, 6.07) is 3.83. The number of aliphatic carboxylic acids is 1. The van der Waals surface area contributed by atoms with E-state index in [1.165, 1.54) is 6.07 Å². The molecule has 0 saturated heterocycles. The number of hydrogen-bond donors (Lipinski definition) is 2. The Labute approximate surface area is 111 Å². The summed E-state index contributed by atoms with van der Waals surface area (Å²) in [7, 11) is 0. The van der Waals surface area contributed by atoms with Crippen LogP contribution in [0.25, 0.3) is 0 Å². The van der Waals surface area contributed by atoms with Crippen LogP contribution in [-0.4, -0.2) is 17.6 Å². The molecule has 0 aliphatic rings. The second-order valence-corrected chi connectivity index (χ2v) is 4.90. The number of carboxylic acids is 1. The second kappa shape index (κ2) is 7.19. The van der Waals surface area contributed by atoms with E-state index in [0.29, 0.717) is 18.4 Å². The van der Waals surface area contributed by atoms with Crippen LogP contribution in [0.4, 0.5) is 8.78 Å². The lowest BCUT2D eigenvalue weighted by Gasteiger charge is -2.16. The van der Waals surface area contributed by atoms with Gasteiger partial charge in [0.1, 0.15) is 0 Å². The molecule has 0 spiro atoms. The second-order valence-electron chi connectivity index (χ2n) is 4.90. The fourth-order valence-corrected chi connectivity index (χ4v) is 2.01. The zero-order chi connectivity index (χ0) is 14.4. The third kappa shape index (κ3) is 4.95. The van der Waals surface area contributed by atoms with E-state index < -0.39 is 23.5 Å². The molecule has 0 heterocycles. The Hall–Kier alpha value is -1.49. The molecule has 2 unspecified atom stereocenters. The van der Waals surface area contributed by atoms with E-state index in [-0.39, 0.29) is 12.5 Å². The third-order valence-electron chi connectivity index (χ3n) is 3.23. The molecule has 0 aliphatic carbocycles. The smallest absolute Gasteiger partial charge is 0.307 e. The van der Waals surface area contributed by atoms with Crippen LogP contribution in [0.5, 0.6) is 0 Å². The molecule has 0 aliphatic heterocycles. The molecule has 0 bridgehead atoms. The summed E-state index contributed by atoms with van der Waals surface area (Å²) >= 11 is 0. The average Bonchev–Trinajstić information content (AvgIpc) is 2.37. The van der Waals surface area contributed by atoms with Crippen LogP contribution in [0.3, 0.4) is 0 Å². The molecule has 1 rings (SSSR count). The molecule has 3 nitrogen and oxygen atoms in total. The fourth-order valence-electron chi connectivity index (χ4n) is 2.01. The monoisotopic (exact) mass is 271 g/mol. The predicted octanol–water partition coefficient (Wildman–Crippen LogP) is 2.58. The lowest BCUT2D eigenvalue weighted by atomic mass is 9.91. The highest BCUT2D eigenvalue weighted by atomic mass is 19.2. The van der Waals surface area contributed by atoms with E-state index in [1.807, 2.05) is 6.92 Å². The molecule has 0 amide bonds. The minimum atomic E-state index is -0.887.